The molecule has 0 unspecified atom stereocenters. The molecule has 20 heavy (non-hydrogen) atoms. The summed E-state index contributed by atoms with van der Waals surface area (Å²) in [6.07, 6.45) is 1.48. The Morgan fingerprint density at radius 2 is 2.10 bits per heavy atom. The second kappa shape index (κ2) is 6.37. The lowest BCUT2D eigenvalue weighted by Gasteiger charge is -2.10. The van der Waals surface area contributed by atoms with Crippen molar-refractivity contribution in [2.45, 2.75) is 0 Å². The number of Topliss-reactive ketones (excluding diaryl/α,β-unsaturated/α-hetero) is 1. The lowest BCUT2D eigenvalue weighted by molar-refractivity contribution is -0.465. The van der Waals surface area contributed by atoms with Crippen molar-refractivity contribution in [3.63, 3.8) is 0 Å². The summed E-state index contributed by atoms with van der Waals surface area (Å²) in [6, 6.07) is 9.87. The molecule has 2 aromatic rings. The SMILES string of the molecule is O=C(C[N+](=O)[O-])c1ccccc1NCOc1ccco1. The number of rotatable bonds is 7. The number of carbonyl (C=O) groups excluding carboxylic acids is 1. The van der Waals surface area contributed by atoms with Crippen LogP contribution in [0, 0.1) is 10.1 Å². The number of ketones is 1. The van der Waals surface area contributed by atoms with Crippen LogP contribution in [0.15, 0.2) is 47.1 Å². The number of furan rings is 1. The molecule has 0 amide bonds. The highest BCUT2D eigenvalue weighted by atomic mass is 16.6. The number of hydrogen-bond donors (Lipinski definition) is 1. The Balaban J connectivity index is 2.00. The fraction of sp³-hybridized carbons (Fsp3) is 0.154. The molecule has 7 nitrogen and oxygen atoms in total. The molecule has 0 spiro atoms. The normalized spacial score (nSPS) is 10.0. The average Bonchev–Trinajstić information content (AvgIpc) is 2.91. The van der Waals surface area contributed by atoms with Crippen molar-refractivity contribution in [2.75, 3.05) is 18.6 Å². The molecule has 1 aromatic heterocycles. The summed E-state index contributed by atoms with van der Waals surface area (Å²) in [5, 5.41) is 13.3. The summed E-state index contributed by atoms with van der Waals surface area (Å²) in [7, 11) is 0. The van der Waals surface area contributed by atoms with Gasteiger partial charge in [-0.1, -0.05) is 12.1 Å². The zero-order valence-corrected chi connectivity index (χ0v) is 10.4. The minimum absolute atomic E-state index is 0.0796. The molecule has 1 N–H and O–H groups in total. The van der Waals surface area contributed by atoms with Crippen LogP contribution in [0.2, 0.25) is 0 Å². The first-order valence-corrected chi connectivity index (χ1v) is 5.81. The van der Waals surface area contributed by atoms with E-state index >= 15 is 0 Å². The minimum atomic E-state index is -0.738. The van der Waals surface area contributed by atoms with Crippen LogP contribution >= 0.6 is 0 Å². The van der Waals surface area contributed by atoms with Crippen LogP contribution < -0.4 is 10.1 Å². The number of benzene rings is 1. The van der Waals surface area contributed by atoms with Crippen LogP contribution in [0.4, 0.5) is 5.69 Å². The molecule has 2 rings (SSSR count). The molecule has 7 heteroatoms. The molecule has 0 bridgehead atoms. The van der Waals surface area contributed by atoms with Gasteiger partial charge in [0.2, 0.25) is 5.78 Å². The lowest BCUT2D eigenvalue weighted by atomic mass is 10.1. The zero-order chi connectivity index (χ0) is 14.4. The Morgan fingerprint density at radius 1 is 1.30 bits per heavy atom. The molecule has 0 saturated heterocycles. The van der Waals surface area contributed by atoms with E-state index < -0.39 is 17.3 Å². The first-order valence-electron chi connectivity index (χ1n) is 5.81. The van der Waals surface area contributed by atoms with Gasteiger partial charge in [-0.05, 0) is 18.2 Å². The maximum absolute atomic E-state index is 11.7. The fourth-order valence-corrected chi connectivity index (χ4v) is 1.61. The zero-order valence-electron chi connectivity index (χ0n) is 10.4. The van der Waals surface area contributed by atoms with Crippen molar-refractivity contribution >= 4 is 11.5 Å². The van der Waals surface area contributed by atoms with Gasteiger partial charge in [0.05, 0.1) is 6.26 Å². The van der Waals surface area contributed by atoms with Crippen LogP contribution in [0.1, 0.15) is 10.4 Å². The number of anilines is 1. The van der Waals surface area contributed by atoms with Crippen LogP contribution in [0.25, 0.3) is 0 Å². The van der Waals surface area contributed by atoms with E-state index in [9.17, 15) is 14.9 Å². The largest absolute Gasteiger partial charge is 0.444 e. The first kappa shape index (κ1) is 13.6. The van der Waals surface area contributed by atoms with Crippen molar-refractivity contribution in [3.8, 4) is 5.95 Å². The van der Waals surface area contributed by atoms with Crippen LogP contribution in [0.3, 0.4) is 0 Å². The van der Waals surface area contributed by atoms with Crippen molar-refractivity contribution in [1.82, 2.24) is 0 Å². The van der Waals surface area contributed by atoms with Gasteiger partial charge in [-0.15, -0.1) is 0 Å². The van der Waals surface area contributed by atoms with Gasteiger partial charge in [-0.3, -0.25) is 14.9 Å². The third kappa shape index (κ3) is 3.58. The van der Waals surface area contributed by atoms with Gasteiger partial charge in [-0.2, -0.15) is 0 Å². The molecule has 0 fully saturated rings. The molecular formula is C13H12N2O5. The highest BCUT2D eigenvalue weighted by Gasteiger charge is 2.16. The van der Waals surface area contributed by atoms with Gasteiger partial charge >= 0.3 is 0 Å². The fourth-order valence-electron chi connectivity index (χ4n) is 1.61. The Hall–Kier alpha value is -2.83. The molecule has 1 heterocycles. The van der Waals surface area contributed by atoms with Gasteiger partial charge in [0.1, 0.15) is 0 Å². The molecule has 0 atom stereocenters. The van der Waals surface area contributed by atoms with Crippen LogP contribution in [0.5, 0.6) is 5.95 Å². The molecular weight excluding hydrogens is 264 g/mol. The smallest absolute Gasteiger partial charge is 0.285 e. The predicted molar refractivity (Wildman–Crippen MR) is 70.5 cm³/mol. The first-order chi connectivity index (χ1) is 9.66. The summed E-state index contributed by atoms with van der Waals surface area (Å²) in [5.74, 6) is -0.220. The van der Waals surface area contributed by atoms with E-state index in [1.165, 1.54) is 12.3 Å². The predicted octanol–water partition coefficient (Wildman–Crippen LogP) is 2.19. The molecule has 0 saturated carbocycles. The summed E-state index contributed by atoms with van der Waals surface area (Å²) in [4.78, 5) is 21.5. The monoisotopic (exact) mass is 276 g/mol. The quantitative estimate of drug-likeness (QED) is 0.360. The topological polar surface area (TPSA) is 94.6 Å². The second-order valence-corrected chi connectivity index (χ2v) is 3.86. The van der Waals surface area contributed by atoms with E-state index in [1.807, 2.05) is 0 Å². The van der Waals surface area contributed by atoms with E-state index in [2.05, 4.69) is 5.32 Å². The van der Waals surface area contributed by atoms with Crippen molar-refractivity contribution < 1.29 is 18.9 Å². The molecule has 1 aromatic carbocycles. The molecule has 0 aliphatic rings. The van der Waals surface area contributed by atoms with E-state index in [0.29, 0.717) is 11.6 Å². The number of nitro groups is 1. The van der Waals surface area contributed by atoms with Gasteiger partial charge in [0.25, 0.3) is 12.5 Å². The summed E-state index contributed by atoms with van der Waals surface area (Å²) in [6.45, 7) is -0.659. The molecule has 104 valence electrons. The van der Waals surface area contributed by atoms with Crippen molar-refractivity contribution in [3.05, 3.63) is 58.3 Å². The van der Waals surface area contributed by atoms with Crippen LogP contribution in [-0.4, -0.2) is 24.0 Å². The maximum atomic E-state index is 11.7. The van der Waals surface area contributed by atoms with Crippen LogP contribution in [-0.2, 0) is 0 Å². The Morgan fingerprint density at radius 3 is 2.80 bits per heavy atom. The maximum Gasteiger partial charge on any atom is 0.285 e. The summed E-state index contributed by atoms with van der Waals surface area (Å²) < 4.78 is 10.2. The minimum Gasteiger partial charge on any atom is -0.444 e. The van der Waals surface area contributed by atoms with Crippen molar-refractivity contribution in [2.24, 2.45) is 0 Å². The van der Waals surface area contributed by atoms with Gasteiger partial charge < -0.3 is 14.5 Å². The highest BCUT2D eigenvalue weighted by Crippen LogP contribution is 2.16. The summed E-state index contributed by atoms with van der Waals surface area (Å²) in [5.41, 5.74) is 0.734. The third-order valence-electron chi connectivity index (χ3n) is 2.47. The molecule has 0 aliphatic carbocycles. The number of nitrogens with zero attached hydrogens (tertiary/aromatic N) is 1. The van der Waals surface area contributed by atoms with E-state index in [4.69, 9.17) is 9.15 Å². The van der Waals surface area contributed by atoms with Crippen molar-refractivity contribution in [1.29, 1.82) is 0 Å². The summed E-state index contributed by atoms with van der Waals surface area (Å²) >= 11 is 0. The van der Waals surface area contributed by atoms with Gasteiger partial charge in [0, 0.05) is 22.2 Å². The van der Waals surface area contributed by atoms with E-state index in [-0.39, 0.29) is 12.3 Å². The van der Waals surface area contributed by atoms with E-state index in [1.54, 1.807) is 30.3 Å². The Labute approximate surface area is 114 Å². The van der Waals surface area contributed by atoms with Gasteiger partial charge in [0.15, 0.2) is 6.73 Å². The van der Waals surface area contributed by atoms with E-state index in [0.717, 1.165) is 0 Å². The number of carbonyl (C=O) groups is 1. The molecule has 0 aliphatic heterocycles. The number of hydrogen-bond acceptors (Lipinski definition) is 6. The average molecular weight is 276 g/mol. The third-order valence-corrected chi connectivity index (χ3v) is 2.47. The molecule has 0 radical (unpaired) electrons. The number of nitrogens with one attached hydrogen (secondary N) is 1. The second-order valence-electron chi connectivity index (χ2n) is 3.86. The number of ether oxygens (including phenoxy) is 1. The Bertz CT molecular complexity index is 595. The number of para-hydroxylation sites is 1. The Kier molecular flexibility index (Phi) is 4.33. The van der Waals surface area contributed by atoms with Gasteiger partial charge in [-0.25, -0.2) is 0 Å². The standard InChI is InChI=1S/C13H12N2O5/c16-12(8-15(17)18)10-4-1-2-5-11(10)14-9-20-13-6-3-7-19-13/h1-7,14H,8-9H2. The highest BCUT2D eigenvalue weighted by molar-refractivity contribution is 6.01. The lowest BCUT2D eigenvalue weighted by Crippen LogP contribution is -2.17.